The molecule has 0 amide bonds. The number of esters is 1. The molecule has 4 saturated carbocycles. The molecule has 0 aromatic heterocycles. The van der Waals surface area contributed by atoms with E-state index in [1.54, 1.807) is 0 Å². The summed E-state index contributed by atoms with van der Waals surface area (Å²) >= 11 is 0. The Labute approximate surface area is 115 Å². The van der Waals surface area contributed by atoms with E-state index in [2.05, 4.69) is 20.4 Å². The summed E-state index contributed by atoms with van der Waals surface area (Å²) in [5.41, 5.74) is -0.832. The average Bonchev–Trinajstić information content (AvgIpc) is 2.23. The largest absolute Gasteiger partial charge is 0.456 e. The Bertz CT molecular complexity index is 421. The molecule has 1 N–H and O–H groups in total. The van der Waals surface area contributed by atoms with Crippen LogP contribution >= 0.6 is 0 Å². The van der Waals surface area contributed by atoms with Crippen LogP contribution in [0.4, 0.5) is 0 Å². The molecule has 4 rings (SSSR count). The lowest BCUT2D eigenvalue weighted by atomic mass is 9.41. The van der Waals surface area contributed by atoms with Gasteiger partial charge in [0.15, 0.2) is 0 Å². The van der Waals surface area contributed by atoms with E-state index in [1.165, 1.54) is 6.08 Å². The Kier molecular flexibility index (Phi) is 2.52. The highest BCUT2D eigenvalue weighted by molar-refractivity contribution is 5.81. The summed E-state index contributed by atoms with van der Waals surface area (Å²) in [4.78, 5) is 11.7. The van der Waals surface area contributed by atoms with Crippen molar-refractivity contribution in [2.45, 2.75) is 70.0 Å². The Morgan fingerprint density at radius 1 is 1.26 bits per heavy atom. The maximum atomic E-state index is 11.7. The zero-order valence-electron chi connectivity index (χ0n) is 12.0. The minimum Gasteiger partial charge on any atom is -0.456 e. The molecule has 0 heterocycles. The first-order chi connectivity index (χ1) is 8.76. The molecule has 4 aliphatic rings. The minimum atomic E-state index is -0.638. The topological polar surface area (TPSA) is 46.5 Å². The molecule has 0 saturated heterocycles. The van der Waals surface area contributed by atoms with Crippen LogP contribution in [0.15, 0.2) is 12.7 Å². The van der Waals surface area contributed by atoms with E-state index in [1.807, 2.05) is 0 Å². The quantitative estimate of drug-likeness (QED) is 0.629. The number of hydrogen-bond donors (Lipinski definition) is 1. The van der Waals surface area contributed by atoms with Crippen LogP contribution in [0.3, 0.4) is 0 Å². The first kappa shape index (κ1) is 13.2. The molecule has 19 heavy (non-hydrogen) atoms. The highest BCUT2D eigenvalue weighted by Crippen LogP contribution is 2.69. The molecule has 3 heteroatoms. The van der Waals surface area contributed by atoms with Gasteiger partial charge in [-0.3, -0.25) is 0 Å². The van der Waals surface area contributed by atoms with Gasteiger partial charge in [-0.15, -0.1) is 0 Å². The van der Waals surface area contributed by atoms with Crippen molar-refractivity contribution in [3.63, 3.8) is 0 Å². The van der Waals surface area contributed by atoms with Gasteiger partial charge in [0.1, 0.15) is 5.60 Å². The van der Waals surface area contributed by atoms with Crippen LogP contribution < -0.4 is 0 Å². The molecule has 4 unspecified atom stereocenters. The molecule has 4 fully saturated rings. The van der Waals surface area contributed by atoms with Crippen molar-refractivity contribution in [2.75, 3.05) is 0 Å². The second kappa shape index (κ2) is 3.63. The van der Waals surface area contributed by atoms with Crippen molar-refractivity contribution in [2.24, 2.45) is 10.8 Å². The van der Waals surface area contributed by atoms with Gasteiger partial charge in [0.2, 0.25) is 0 Å². The fourth-order valence-electron chi connectivity index (χ4n) is 5.95. The van der Waals surface area contributed by atoms with Crippen molar-refractivity contribution in [1.82, 2.24) is 0 Å². The Hall–Kier alpha value is -0.830. The maximum absolute atomic E-state index is 11.7. The zero-order chi connectivity index (χ0) is 13.9. The van der Waals surface area contributed by atoms with E-state index in [4.69, 9.17) is 4.74 Å². The Balaban J connectivity index is 1.99. The van der Waals surface area contributed by atoms with Crippen LogP contribution in [0.5, 0.6) is 0 Å². The smallest absolute Gasteiger partial charge is 0.330 e. The summed E-state index contributed by atoms with van der Waals surface area (Å²) < 4.78 is 5.74. The van der Waals surface area contributed by atoms with Crippen molar-refractivity contribution in [1.29, 1.82) is 0 Å². The van der Waals surface area contributed by atoms with E-state index in [0.717, 1.165) is 38.5 Å². The monoisotopic (exact) mass is 264 g/mol. The third-order valence-electron chi connectivity index (χ3n) is 5.59. The lowest BCUT2D eigenvalue weighted by Crippen LogP contribution is -2.67. The van der Waals surface area contributed by atoms with Gasteiger partial charge in [-0.25, -0.2) is 4.79 Å². The summed E-state index contributed by atoms with van der Waals surface area (Å²) in [6.45, 7) is 7.94. The maximum Gasteiger partial charge on any atom is 0.330 e. The molecule has 106 valence electrons. The molecule has 0 radical (unpaired) electrons. The van der Waals surface area contributed by atoms with Crippen LogP contribution in [-0.4, -0.2) is 22.3 Å². The van der Waals surface area contributed by atoms with Crippen LogP contribution in [0, 0.1) is 10.8 Å². The number of carbonyl (C=O) groups is 1. The summed E-state index contributed by atoms with van der Waals surface area (Å²) in [6, 6.07) is 0. The van der Waals surface area contributed by atoms with E-state index < -0.39 is 11.2 Å². The predicted molar refractivity (Wildman–Crippen MR) is 72.5 cm³/mol. The van der Waals surface area contributed by atoms with E-state index >= 15 is 0 Å². The minimum absolute atomic E-state index is 0.112. The molecule has 3 nitrogen and oxygen atoms in total. The van der Waals surface area contributed by atoms with Gasteiger partial charge in [0.25, 0.3) is 0 Å². The molecule has 4 bridgehead atoms. The first-order valence-corrected chi connectivity index (χ1v) is 7.34. The van der Waals surface area contributed by atoms with Gasteiger partial charge < -0.3 is 9.84 Å². The van der Waals surface area contributed by atoms with Gasteiger partial charge >= 0.3 is 5.97 Å². The third kappa shape index (κ3) is 1.94. The van der Waals surface area contributed by atoms with Gasteiger partial charge in [0.05, 0.1) is 5.60 Å². The normalized spacial score (nSPS) is 51.1. The van der Waals surface area contributed by atoms with Crippen LogP contribution in [0.1, 0.15) is 58.8 Å². The van der Waals surface area contributed by atoms with E-state index in [-0.39, 0.29) is 16.8 Å². The number of ether oxygens (including phenoxy) is 1. The molecule has 0 aromatic rings. The van der Waals surface area contributed by atoms with E-state index in [9.17, 15) is 9.90 Å². The number of rotatable bonds is 3. The standard InChI is InChI=1S/C16H24O3/c1-4-12(17)19-16-8-13(3)6-14(5-2,10-16)9-15(18,7-13)11-16/h4,18H,1,5-11H2,2-3H3. The molecule has 0 spiro atoms. The molecule has 0 aliphatic heterocycles. The van der Waals surface area contributed by atoms with Crippen molar-refractivity contribution in [3.05, 3.63) is 12.7 Å². The lowest BCUT2D eigenvalue weighted by Gasteiger charge is -2.67. The molecule has 0 aromatic carbocycles. The molecular weight excluding hydrogens is 240 g/mol. The molecular formula is C16H24O3. The fourth-order valence-corrected chi connectivity index (χ4v) is 5.95. The van der Waals surface area contributed by atoms with Gasteiger partial charge in [-0.05, 0) is 42.9 Å². The molecule has 4 aliphatic carbocycles. The SMILES string of the molecule is C=CC(=O)OC12CC3(C)CC(O)(CC(CC)(C3)C1)C2. The number of aliphatic hydroxyl groups is 1. The summed E-state index contributed by atoms with van der Waals surface area (Å²) in [5, 5.41) is 10.9. The van der Waals surface area contributed by atoms with Crippen molar-refractivity contribution in [3.8, 4) is 0 Å². The number of carbonyl (C=O) groups excluding carboxylic acids is 1. The van der Waals surface area contributed by atoms with Crippen LogP contribution in [0.25, 0.3) is 0 Å². The Morgan fingerprint density at radius 2 is 2.00 bits per heavy atom. The third-order valence-corrected chi connectivity index (χ3v) is 5.59. The fraction of sp³-hybridized carbons (Fsp3) is 0.812. The highest BCUT2D eigenvalue weighted by atomic mass is 16.6. The first-order valence-electron chi connectivity index (χ1n) is 7.34. The second-order valence-corrected chi connectivity index (χ2v) is 7.76. The second-order valence-electron chi connectivity index (χ2n) is 7.76. The lowest BCUT2D eigenvalue weighted by molar-refractivity contribution is -0.262. The van der Waals surface area contributed by atoms with Gasteiger partial charge in [0, 0.05) is 12.5 Å². The summed E-state index contributed by atoms with van der Waals surface area (Å²) in [6.07, 6.45) is 7.59. The number of hydrogen-bond acceptors (Lipinski definition) is 3. The van der Waals surface area contributed by atoms with Crippen molar-refractivity contribution < 1.29 is 14.6 Å². The van der Waals surface area contributed by atoms with Crippen molar-refractivity contribution >= 4 is 5.97 Å². The van der Waals surface area contributed by atoms with Crippen LogP contribution in [-0.2, 0) is 9.53 Å². The highest BCUT2D eigenvalue weighted by Gasteiger charge is 2.67. The van der Waals surface area contributed by atoms with E-state index in [0.29, 0.717) is 6.42 Å². The molecule has 4 atom stereocenters. The van der Waals surface area contributed by atoms with Crippen LogP contribution in [0.2, 0.25) is 0 Å². The summed E-state index contributed by atoms with van der Waals surface area (Å²) in [5.74, 6) is -0.347. The summed E-state index contributed by atoms with van der Waals surface area (Å²) in [7, 11) is 0. The van der Waals surface area contributed by atoms with Gasteiger partial charge in [-0.1, -0.05) is 26.8 Å². The average molecular weight is 264 g/mol. The van der Waals surface area contributed by atoms with Gasteiger partial charge in [-0.2, -0.15) is 0 Å². The zero-order valence-corrected chi connectivity index (χ0v) is 12.0. The Morgan fingerprint density at radius 3 is 2.58 bits per heavy atom. The predicted octanol–water partition coefficient (Wildman–Crippen LogP) is 2.97.